The van der Waals surface area contributed by atoms with Gasteiger partial charge in [-0.25, -0.2) is 17.9 Å². The molecular weight excluding hydrogens is 426 g/mol. The standard InChI is InChI=1S/C20H21N3O5S2/c1-2-28-19(25)13-12-18(24)23-20(29)22-16-8-10-17(11-9-16)30(26,27)21-14-15-6-4-3-5-7-15/h3-13,21H,2,14H2,1H3,(H2,22,23,24,29). The number of carbonyl (C=O) groups is 2. The first-order valence-electron chi connectivity index (χ1n) is 8.90. The van der Waals surface area contributed by atoms with Crippen LogP contribution in [-0.2, 0) is 30.9 Å². The number of ether oxygens (including phenoxy) is 1. The summed E-state index contributed by atoms with van der Waals surface area (Å²) in [5.41, 5.74) is 1.33. The van der Waals surface area contributed by atoms with Gasteiger partial charge in [-0.2, -0.15) is 0 Å². The Labute approximate surface area is 180 Å². The molecular formula is C20H21N3O5S2. The Bertz CT molecular complexity index is 1020. The molecule has 0 aliphatic carbocycles. The summed E-state index contributed by atoms with van der Waals surface area (Å²) in [4.78, 5) is 23.0. The molecule has 3 N–H and O–H groups in total. The molecule has 2 aromatic rings. The topological polar surface area (TPSA) is 114 Å². The number of benzene rings is 2. The third-order valence-corrected chi connectivity index (χ3v) is 5.25. The van der Waals surface area contributed by atoms with E-state index in [9.17, 15) is 18.0 Å². The summed E-state index contributed by atoms with van der Waals surface area (Å²) >= 11 is 5.02. The molecule has 2 aromatic carbocycles. The number of rotatable bonds is 8. The summed E-state index contributed by atoms with van der Waals surface area (Å²) in [6.07, 6.45) is 1.99. The second kappa shape index (κ2) is 11.2. The Morgan fingerprint density at radius 2 is 1.70 bits per heavy atom. The average Bonchev–Trinajstić information content (AvgIpc) is 2.72. The van der Waals surface area contributed by atoms with Crippen LogP contribution >= 0.6 is 12.2 Å². The van der Waals surface area contributed by atoms with E-state index < -0.39 is 21.9 Å². The molecule has 0 saturated carbocycles. The molecule has 0 atom stereocenters. The van der Waals surface area contributed by atoms with E-state index in [-0.39, 0.29) is 23.2 Å². The third-order valence-electron chi connectivity index (χ3n) is 3.63. The molecule has 0 spiro atoms. The van der Waals surface area contributed by atoms with Gasteiger partial charge in [0, 0.05) is 24.4 Å². The predicted octanol–water partition coefficient (Wildman–Crippen LogP) is 2.10. The van der Waals surface area contributed by atoms with Crippen LogP contribution < -0.4 is 15.4 Å². The van der Waals surface area contributed by atoms with Crippen molar-refractivity contribution in [3.63, 3.8) is 0 Å². The van der Waals surface area contributed by atoms with Gasteiger partial charge in [0.05, 0.1) is 11.5 Å². The molecule has 0 aliphatic rings. The van der Waals surface area contributed by atoms with E-state index in [0.717, 1.165) is 17.7 Å². The molecule has 1 amide bonds. The SMILES string of the molecule is CCOC(=O)C=CC(=O)NC(=S)Nc1ccc(S(=O)(=O)NCc2ccccc2)cc1. The highest BCUT2D eigenvalue weighted by molar-refractivity contribution is 7.89. The second-order valence-electron chi connectivity index (χ2n) is 5.86. The first-order chi connectivity index (χ1) is 14.3. The van der Waals surface area contributed by atoms with Crippen LogP contribution in [0.1, 0.15) is 12.5 Å². The van der Waals surface area contributed by atoms with Gasteiger partial charge in [0.25, 0.3) is 0 Å². The number of nitrogens with one attached hydrogen (secondary N) is 3. The van der Waals surface area contributed by atoms with E-state index in [0.29, 0.717) is 5.69 Å². The van der Waals surface area contributed by atoms with Gasteiger partial charge in [0.1, 0.15) is 0 Å². The lowest BCUT2D eigenvalue weighted by Crippen LogP contribution is -2.33. The zero-order chi connectivity index (χ0) is 22.0. The minimum absolute atomic E-state index is 0.00804. The van der Waals surface area contributed by atoms with E-state index >= 15 is 0 Å². The molecule has 30 heavy (non-hydrogen) atoms. The van der Waals surface area contributed by atoms with E-state index in [1.54, 1.807) is 6.92 Å². The van der Waals surface area contributed by atoms with Crippen molar-refractivity contribution >= 4 is 44.9 Å². The summed E-state index contributed by atoms with van der Waals surface area (Å²) in [6, 6.07) is 15.0. The fourth-order valence-electron chi connectivity index (χ4n) is 2.22. The van der Waals surface area contributed by atoms with Crippen molar-refractivity contribution in [1.82, 2.24) is 10.0 Å². The molecule has 0 fully saturated rings. The number of esters is 1. The van der Waals surface area contributed by atoms with E-state index in [2.05, 4.69) is 20.1 Å². The summed E-state index contributed by atoms with van der Waals surface area (Å²) in [6.45, 7) is 2.04. The van der Waals surface area contributed by atoms with Gasteiger partial charge >= 0.3 is 5.97 Å². The van der Waals surface area contributed by atoms with Crippen LogP contribution in [0.15, 0.2) is 71.6 Å². The van der Waals surface area contributed by atoms with Crippen LogP contribution in [0, 0.1) is 0 Å². The molecule has 0 aromatic heterocycles. The van der Waals surface area contributed by atoms with Crippen LogP contribution in [-0.4, -0.2) is 32.0 Å². The first-order valence-corrected chi connectivity index (χ1v) is 10.8. The number of amides is 1. The monoisotopic (exact) mass is 447 g/mol. The number of anilines is 1. The zero-order valence-corrected chi connectivity index (χ0v) is 17.8. The van der Waals surface area contributed by atoms with Crippen LogP contribution in [0.25, 0.3) is 0 Å². The maximum atomic E-state index is 12.4. The molecule has 0 heterocycles. The highest BCUT2D eigenvalue weighted by atomic mass is 32.2. The minimum Gasteiger partial charge on any atom is -0.463 e. The van der Waals surface area contributed by atoms with Crippen molar-refractivity contribution in [2.24, 2.45) is 0 Å². The maximum absolute atomic E-state index is 12.4. The minimum atomic E-state index is -3.68. The molecule has 0 bridgehead atoms. The van der Waals surface area contributed by atoms with Crippen molar-refractivity contribution in [3.05, 3.63) is 72.3 Å². The highest BCUT2D eigenvalue weighted by Gasteiger charge is 2.13. The van der Waals surface area contributed by atoms with Gasteiger partial charge in [-0.15, -0.1) is 0 Å². The van der Waals surface area contributed by atoms with Crippen molar-refractivity contribution in [3.8, 4) is 0 Å². The Morgan fingerprint density at radius 3 is 2.33 bits per heavy atom. The maximum Gasteiger partial charge on any atom is 0.330 e. The number of hydrogen-bond acceptors (Lipinski definition) is 6. The number of sulfonamides is 1. The lowest BCUT2D eigenvalue weighted by Gasteiger charge is -2.10. The van der Waals surface area contributed by atoms with Crippen LogP contribution in [0.2, 0.25) is 0 Å². The lowest BCUT2D eigenvalue weighted by molar-refractivity contribution is -0.137. The summed E-state index contributed by atoms with van der Waals surface area (Å²) in [5, 5.41) is 5.11. The molecule has 0 unspecified atom stereocenters. The molecule has 8 nitrogen and oxygen atoms in total. The molecule has 0 radical (unpaired) electrons. The normalized spacial score (nSPS) is 11.1. The quantitative estimate of drug-likeness (QED) is 0.323. The molecule has 0 saturated heterocycles. The highest BCUT2D eigenvalue weighted by Crippen LogP contribution is 2.14. The fourth-order valence-corrected chi connectivity index (χ4v) is 3.46. The average molecular weight is 448 g/mol. The van der Waals surface area contributed by atoms with Crippen molar-refractivity contribution in [1.29, 1.82) is 0 Å². The summed E-state index contributed by atoms with van der Waals surface area (Å²) in [5.74, 6) is -1.24. The van der Waals surface area contributed by atoms with Gasteiger partial charge in [0.15, 0.2) is 5.11 Å². The number of hydrogen-bond donors (Lipinski definition) is 3. The smallest absolute Gasteiger partial charge is 0.330 e. The first kappa shape index (κ1) is 23.2. The van der Waals surface area contributed by atoms with Gasteiger partial charge < -0.3 is 10.1 Å². The Kier molecular flexibility index (Phi) is 8.66. The van der Waals surface area contributed by atoms with Gasteiger partial charge in [0.2, 0.25) is 15.9 Å². The predicted molar refractivity (Wildman–Crippen MR) is 117 cm³/mol. The summed E-state index contributed by atoms with van der Waals surface area (Å²) in [7, 11) is -3.68. The second-order valence-corrected chi connectivity index (χ2v) is 8.04. The summed E-state index contributed by atoms with van der Waals surface area (Å²) < 4.78 is 32.0. The largest absolute Gasteiger partial charge is 0.463 e. The van der Waals surface area contributed by atoms with Crippen molar-refractivity contribution in [2.45, 2.75) is 18.4 Å². The van der Waals surface area contributed by atoms with E-state index in [1.165, 1.54) is 24.3 Å². The Balaban J connectivity index is 1.89. The molecule has 158 valence electrons. The van der Waals surface area contributed by atoms with Crippen molar-refractivity contribution in [2.75, 3.05) is 11.9 Å². The van der Waals surface area contributed by atoms with Crippen LogP contribution in [0.5, 0.6) is 0 Å². The van der Waals surface area contributed by atoms with Crippen LogP contribution in [0.3, 0.4) is 0 Å². The Morgan fingerprint density at radius 1 is 1.03 bits per heavy atom. The molecule has 0 aliphatic heterocycles. The number of carbonyl (C=O) groups excluding carboxylic acids is 2. The zero-order valence-electron chi connectivity index (χ0n) is 16.1. The van der Waals surface area contributed by atoms with E-state index in [4.69, 9.17) is 12.2 Å². The molecule has 2 rings (SSSR count). The van der Waals surface area contributed by atoms with Gasteiger partial charge in [-0.05, 0) is 49.0 Å². The Hall–Kier alpha value is -3.08. The number of thiocarbonyl (C=S) groups is 1. The van der Waals surface area contributed by atoms with Crippen LogP contribution in [0.4, 0.5) is 5.69 Å². The van der Waals surface area contributed by atoms with E-state index in [1.807, 2.05) is 30.3 Å². The van der Waals surface area contributed by atoms with Gasteiger partial charge in [-0.1, -0.05) is 30.3 Å². The third kappa shape index (κ3) is 7.74. The lowest BCUT2D eigenvalue weighted by atomic mass is 10.2. The van der Waals surface area contributed by atoms with Crippen molar-refractivity contribution < 1.29 is 22.7 Å². The molecule has 10 heteroatoms. The van der Waals surface area contributed by atoms with Gasteiger partial charge in [-0.3, -0.25) is 10.1 Å². The fraction of sp³-hybridized carbons (Fsp3) is 0.150.